The van der Waals surface area contributed by atoms with E-state index in [9.17, 15) is 0 Å². The van der Waals surface area contributed by atoms with E-state index in [-0.39, 0.29) is 58.9 Å². The van der Waals surface area contributed by atoms with Crippen LogP contribution in [0, 0.1) is 12.0 Å². The molecular formula is C24H20Cl3Ti-2. The van der Waals surface area contributed by atoms with E-state index in [1.807, 2.05) is 12.2 Å². The molecule has 0 nitrogen and oxygen atoms in total. The molecule has 1 aliphatic rings. The third-order valence-electron chi connectivity index (χ3n) is 3.77. The Bertz CT molecular complexity index is 684. The molecule has 143 valence electrons. The normalized spacial score (nSPS) is 10.0. The molecule has 0 fully saturated rings. The van der Waals surface area contributed by atoms with E-state index in [4.69, 9.17) is 0 Å². The molecule has 0 aromatic heterocycles. The first-order valence-corrected chi connectivity index (χ1v) is 8.20. The molecule has 3 aromatic rings. The van der Waals surface area contributed by atoms with Crippen molar-refractivity contribution in [3.8, 4) is 0 Å². The van der Waals surface area contributed by atoms with Crippen LogP contribution in [-0.4, -0.2) is 0 Å². The van der Waals surface area contributed by atoms with Gasteiger partial charge in [-0.05, 0) is 0 Å². The minimum atomic E-state index is 0. The molecule has 0 bridgehead atoms. The summed E-state index contributed by atoms with van der Waals surface area (Å²) in [6.45, 7) is 0. The fourth-order valence-electron chi connectivity index (χ4n) is 2.65. The summed E-state index contributed by atoms with van der Waals surface area (Å²) in [6.07, 6.45) is 10.0. The van der Waals surface area contributed by atoms with E-state index in [1.54, 1.807) is 0 Å². The van der Waals surface area contributed by atoms with Gasteiger partial charge in [0.05, 0.1) is 0 Å². The number of hydrogen-bond donors (Lipinski definition) is 0. The van der Waals surface area contributed by atoms with Gasteiger partial charge in [-0.25, -0.2) is 12.2 Å². The van der Waals surface area contributed by atoms with E-state index in [2.05, 4.69) is 103 Å². The molecule has 3 aromatic carbocycles. The SMILES string of the molecule is [C-]1=CC=CC1.[Cl-].[Cl-].[Cl-].[Ti+3].c1ccc([C-](c2ccccc2)c2ccccc2)cc1. The van der Waals surface area contributed by atoms with Gasteiger partial charge in [0.25, 0.3) is 0 Å². The van der Waals surface area contributed by atoms with Crippen molar-refractivity contribution in [1.82, 2.24) is 0 Å². The minimum Gasteiger partial charge on any atom is -1.00 e. The molecule has 4 heteroatoms. The molecule has 0 N–H and O–H groups in total. The van der Waals surface area contributed by atoms with Crippen LogP contribution in [0.4, 0.5) is 0 Å². The Hall–Kier alpha value is -1.41. The zero-order chi connectivity index (χ0) is 16.5. The summed E-state index contributed by atoms with van der Waals surface area (Å²) in [4.78, 5) is 0. The fourth-order valence-corrected chi connectivity index (χ4v) is 2.65. The number of allylic oxidation sites excluding steroid dienone is 4. The molecule has 0 saturated carbocycles. The second-order valence-corrected chi connectivity index (χ2v) is 5.48. The Labute approximate surface area is 202 Å². The Morgan fingerprint density at radius 3 is 1.14 bits per heavy atom. The van der Waals surface area contributed by atoms with Crippen LogP contribution in [0.1, 0.15) is 23.1 Å². The van der Waals surface area contributed by atoms with Crippen molar-refractivity contribution in [2.24, 2.45) is 0 Å². The van der Waals surface area contributed by atoms with Crippen molar-refractivity contribution >= 4 is 0 Å². The monoisotopic (exact) mass is 461 g/mol. The summed E-state index contributed by atoms with van der Waals surface area (Å²) >= 11 is 0. The summed E-state index contributed by atoms with van der Waals surface area (Å²) in [7, 11) is 0. The molecule has 1 aliphatic carbocycles. The summed E-state index contributed by atoms with van der Waals surface area (Å²) < 4.78 is 0. The van der Waals surface area contributed by atoms with Gasteiger partial charge in [0.2, 0.25) is 0 Å². The van der Waals surface area contributed by atoms with Crippen molar-refractivity contribution < 1.29 is 58.9 Å². The second kappa shape index (κ2) is 16.5. The van der Waals surface area contributed by atoms with Crippen LogP contribution in [-0.2, 0) is 21.7 Å². The van der Waals surface area contributed by atoms with Crippen LogP contribution in [0.15, 0.2) is 109 Å². The molecular weight excluding hydrogens is 442 g/mol. The van der Waals surface area contributed by atoms with Crippen molar-refractivity contribution in [3.63, 3.8) is 0 Å². The smallest absolute Gasteiger partial charge is 1.00 e. The summed E-state index contributed by atoms with van der Waals surface area (Å²) in [5, 5.41) is 0. The van der Waals surface area contributed by atoms with Gasteiger partial charge in [-0.2, -0.15) is 6.08 Å². The van der Waals surface area contributed by atoms with Gasteiger partial charge in [-0.15, -0.1) is 6.42 Å². The van der Waals surface area contributed by atoms with Crippen molar-refractivity contribution in [2.75, 3.05) is 0 Å². The maximum absolute atomic E-state index is 2.99. The van der Waals surface area contributed by atoms with E-state index in [1.165, 1.54) is 22.6 Å². The standard InChI is InChI=1S/C19H15.C5H5.3ClH.Ti/c1-4-10-16(11-5-1)19(17-12-6-2-7-13-17)18-14-8-3-9-15-18;1-2-4-5-3-1;;;;/h1-15H;1-3H,4H2;3*1H;/q2*-1;;;;+3/p-3. The first-order valence-electron chi connectivity index (χ1n) is 8.20. The molecule has 0 atom stereocenters. The number of halogens is 3. The number of rotatable bonds is 3. The van der Waals surface area contributed by atoms with Crippen molar-refractivity contribution in [2.45, 2.75) is 6.42 Å². The van der Waals surface area contributed by atoms with E-state index >= 15 is 0 Å². The van der Waals surface area contributed by atoms with Crippen LogP contribution in [0.25, 0.3) is 0 Å². The zero-order valence-corrected chi connectivity index (χ0v) is 19.1. The Kier molecular flexibility index (Phi) is 17.0. The molecule has 28 heavy (non-hydrogen) atoms. The topological polar surface area (TPSA) is 0 Å². The second-order valence-electron chi connectivity index (χ2n) is 5.48. The van der Waals surface area contributed by atoms with Gasteiger partial charge in [0.1, 0.15) is 0 Å². The Morgan fingerprint density at radius 1 is 0.571 bits per heavy atom. The number of benzene rings is 3. The number of hydrogen-bond acceptors (Lipinski definition) is 0. The van der Waals surface area contributed by atoms with Gasteiger partial charge in [-0.1, -0.05) is 114 Å². The van der Waals surface area contributed by atoms with Crippen LogP contribution < -0.4 is 37.2 Å². The molecule has 0 amide bonds. The molecule has 4 rings (SSSR count). The fraction of sp³-hybridized carbons (Fsp3) is 0.0417. The minimum absolute atomic E-state index is 0. The quantitative estimate of drug-likeness (QED) is 0.222. The third kappa shape index (κ3) is 8.73. The molecule has 0 spiro atoms. The zero-order valence-electron chi connectivity index (χ0n) is 15.2. The first kappa shape index (κ1) is 28.8. The van der Waals surface area contributed by atoms with Crippen LogP contribution >= 0.6 is 0 Å². The predicted molar refractivity (Wildman–Crippen MR) is 101 cm³/mol. The van der Waals surface area contributed by atoms with Crippen molar-refractivity contribution in [3.05, 3.63) is 138 Å². The molecule has 0 saturated heterocycles. The molecule has 1 radical (unpaired) electrons. The maximum atomic E-state index is 2.99. The van der Waals surface area contributed by atoms with Gasteiger partial charge in [0, 0.05) is 0 Å². The average molecular weight is 463 g/mol. The first-order chi connectivity index (χ1) is 11.9. The largest absolute Gasteiger partial charge is 3.00 e. The third-order valence-corrected chi connectivity index (χ3v) is 3.77. The van der Waals surface area contributed by atoms with E-state index < -0.39 is 0 Å². The van der Waals surface area contributed by atoms with Crippen LogP contribution in [0.5, 0.6) is 0 Å². The van der Waals surface area contributed by atoms with Gasteiger partial charge >= 0.3 is 21.7 Å². The summed E-state index contributed by atoms with van der Waals surface area (Å²) in [5.41, 5.74) is 3.75. The van der Waals surface area contributed by atoms with E-state index in [0.29, 0.717) is 0 Å². The van der Waals surface area contributed by atoms with E-state index in [0.717, 1.165) is 6.42 Å². The van der Waals surface area contributed by atoms with Crippen LogP contribution in [0.2, 0.25) is 0 Å². The van der Waals surface area contributed by atoms with Gasteiger partial charge in [0.15, 0.2) is 0 Å². The Morgan fingerprint density at radius 2 is 0.929 bits per heavy atom. The average Bonchev–Trinajstić information content (AvgIpc) is 3.25. The maximum Gasteiger partial charge on any atom is 3.00 e. The van der Waals surface area contributed by atoms with Crippen LogP contribution in [0.3, 0.4) is 0 Å². The van der Waals surface area contributed by atoms with Gasteiger partial charge in [-0.3, -0.25) is 6.08 Å². The van der Waals surface area contributed by atoms with Crippen molar-refractivity contribution in [1.29, 1.82) is 0 Å². The summed E-state index contributed by atoms with van der Waals surface area (Å²) in [5.74, 6) is 1.28. The summed E-state index contributed by atoms with van der Waals surface area (Å²) in [6, 6.07) is 31.6. The predicted octanol–water partition coefficient (Wildman–Crippen LogP) is -2.98. The Balaban J connectivity index is 0. The molecule has 0 aliphatic heterocycles. The van der Waals surface area contributed by atoms with Gasteiger partial charge < -0.3 is 37.2 Å². The molecule has 0 heterocycles. The molecule has 0 unspecified atom stereocenters.